The lowest BCUT2D eigenvalue weighted by Gasteiger charge is -2.04. The van der Waals surface area contributed by atoms with Crippen LogP contribution in [0.3, 0.4) is 0 Å². The summed E-state index contributed by atoms with van der Waals surface area (Å²) in [7, 11) is 0. The molecular weight excluding hydrogens is 156 g/mol. The molecule has 0 radical (unpaired) electrons. The fraction of sp³-hybridized carbons (Fsp3) is 0.846. The molecule has 0 nitrogen and oxygen atoms in total. The maximum absolute atomic E-state index is 2.39. The summed E-state index contributed by atoms with van der Waals surface area (Å²) in [6, 6.07) is 0. The van der Waals surface area contributed by atoms with E-state index in [-0.39, 0.29) is 0 Å². The van der Waals surface area contributed by atoms with Crippen LogP contribution in [0.1, 0.15) is 59.8 Å². The Morgan fingerprint density at radius 1 is 1.08 bits per heavy atom. The predicted molar refractivity (Wildman–Crippen MR) is 61.9 cm³/mol. The van der Waals surface area contributed by atoms with Crippen molar-refractivity contribution in [3.63, 3.8) is 0 Å². The van der Waals surface area contributed by atoms with Gasteiger partial charge in [-0.3, -0.25) is 0 Å². The molecule has 0 aromatic heterocycles. The highest BCUT2D eigenvalue weighted by molar-refractivity contribution is 4.86. The number of hydrogen-bond donors (Lipinski definition) is 0. The van der Waals surface area contributed by atoms with Gasteiger partial charge in [-0.1, -0.05) is 52.7 Å². The highest BCUT2D eigenvalue weighted by Crippen LogP contribution is 2.10. The fourth-order valence-electron chi connectivity index (χ4n) is 1.38. The van der Waals surface area contributed by atoms with Crippen LogP contribution in [0.15, 0.2) is 12.2 Å². The lowest BCUT2D eigenvalue weighted by molar-refractivity contribution is 0.580. The van der Waals surface area contributed by atoms with Crippen LogP contribution in [-0.4, -0.2) is 0 Å². The Balaban J connectivity index is 3.36. The zero-order valence-corrected chi connectivity index (χ0v) is 9.84. The van der Waals surface area contributed by atoms with Crippen LogP contribution >= 0.6 is 0 Å². The van der Waals surface area contributed by atoms with E-state index in [0.717, 1.165) is 11.8 Å². The first-order valence-corrected chi connectivity index (χ1v) is 5.83. The van der Waals surface area contributed by atoms with E-state index in [1.165, 1.54) is 32.1 Å². The second-order valence-electron chi connectivity index (χ2n) is 4.52. The monoisotopic (exact) mass is 182 g/mol. The summed E-state index contributed by atoms with van der Waals surface area (Å²) in [5.41, 5.74) is 0. The largest absolute Gasteiger partial charge is 0.0883 e. The van der Waals surface area contributed by atoms with Gasteiger partial charge in [0.1, 0.15) is 0 Å². The normalized spacial score (nSPS) is 14.2. The molecule has 0 aliphatic rings. The summed E-state index contributed by atoms with van der Waals surface area (Å²) in [4.78, 5) is 0. The second kappa shape index (κ2) is 8.34. The third kappa shape index (κ3) is 9.66. The molecular formula is C13H26. The van der Waals surface area contributed by atoms with Crippen LogP contribution in [0, 0.1) is 11.8 Å². The molecule has 1 unspecified atom stereocenters. The number of hydrogen-bond acceptors (Lipinski definition) is 0. The van der Waals surface area contributed by atoms with Gasteiger partial charge in [0, 0.05) is 0 Å². The van der Waals surface area contributed by atoms with Gasteiger partial charge in [0.25, 0.3) is 0 Å². The van der Waals surface area contributed by atoms with E-state index in [1.807, 2.05) is 0 Å². The molecule has 0 aliphatic heterocycles. The van der Waals surface area contributed by atoms with Crippen LogP contribution in [0.5, 0.6) is 0 Å². The Hall–Kier alpha value is -0.260. The molecule has 0 spiro atoms. The summed E-state index contributed by atoms with van der Waals surface area (Å²) in [5.74, 6) is 1.63. The number of allylic oxidation sites excluding steroid dienone is 2. The van der Waals surface area contributed by atoms with E-state index >= 15 is 0 Å². The minimum absolute atomic E-state index is 0.784. The molecule has 0 bridgehead atoms. The van der Waals surface area contributed by atoms with Gasteiger partial charge in [-0.25, -0.2) is 0 Å². The Kier molecular flexibility index (Phi) is 8.18. The molecule has 13 heavy (non-hydrogen) atoms. The lowest BCUT2D eigenvalue weighted by Crippen LogP contribution is -1.89. The summed E-state index contributed by atoms with van der Waals surface area (Å²) in [6.45, 7) is 9.15. The number of rotatable bonds is 7. The summed E-state index contributed by atoms with van der Waals surface area (Å²) in [6.07, 6.45) is 11.4. The van der Waals surface area contributed by atoms with Crippen LogP contribution in [0.25, 0.3) is 0 Å². The summed E-state index contributed by atoms with van der Waals surface area (Å²) in [5, 5.41) is 0. The molecule has 78 valence electrons. The SMILES string of the molecule is CCCCC(C)/C=C\CCC(C)C. The Morgan fingerprint density at radius 2 is 1.77 bits per heavy atom. The van der Waals surface area contributed by atoms with E-state index < -0.39 is 0 Å². The minimum Gasteiger partial charge on any atom is -0.0883 e. The lowest BCUT2D eigenvalue weighted by atomic mass is 10.0. The van der Waals surface area contributed by atoms with Gasteiger partial charge >= 0.3 is 0 Å². The standard InChI is InChI=1S/C13H26/c1-5-6-10-13(4)11-8-7-9-12(2)3/h8,11-13H,5-7,9-10H2,1-4H3/b11-8-. The smallest absolute Gasteiger partial charge is 0.0262 e. The van der Waals surface area contributed by atoms with Crippen molar-refractivity contribution < 1.29 is 0 Å². The second-order valence-corrected chi connectivity index (χ2v) is 4.52. The molecule has 0 saturated carbocycles. The van der Waals surface area contributed by atoms with Crippen LogP contribution in [0.2, 0.25) is 0 Å². The fourth-order valence-corrected chi connectivity index (χ4v) is 1.38. The van der Waals surface area contributed by atoms with Crippen LogP contribution in [-0.2, 0) is 0 Å². The molecule has 0 aliphatic carbocycles. The van der Waals surface area contributed by atoms with Crippen molar-refractivity contribution in [3.8, 4) is 0 Å². The zero-order valence-electron chi connectivity index (χ0n) is 9.84. The Labute approximate surface area is 84.4 Å². The molecule has 0 N–H and O–H groups in total. The maximum atomic E-state index is 2.39. The van der Waals surface area contributed by atoms with E-state index in [9.17, 15) is 0 Å². The van der Waals surface area contributed by atoms with Gasteiger partial charge < -0.3 is 0 Å². The first kappa shape index (κ1) is 12.7. The van der Waals surface area contributed by atoms with Crippen molar-refractivity contribution in [2.24, 2.45) is 11.8 Å². The van der Waals surface area contributed by atoms with Gasteiger partial charge in [0.2, 0.25) is 0 Å². The van der Waals surface area contributed by atoms with E-state index in [4.69, 9.17) is 0 Å². The van der Waals surface area contributed by atoms with Crippen molar-refractivity contribution >= 4 is 0 Å². The average Bonchev–Trinajstić information content (AvgIpc) is 2.08. The van der Waals surface area contributed by atoms with E-state index in [2.05, 4.69) is 39.8 Å². The molecule has 0 aromatic carbocycles. The van der Waals surface area contributed by atoms with Gasteiger partial charge in [0.15, 0.2) is 0 Å². The summed E-state index contributed by atoms with van der Waals surface area (Å²) < 4.78 is 0. The first-order chi connectivity index (χ1) is 6.16. The zero-order chi connectivity index (χ0) is 10.1. The Bertz CT molecular complexity index is 122. The minimum atomic E-state index is 0.784. The summed E-state index contributed by atoms with van der Waals surface area (Å²) >= 11 is 0. The topological polar surface area (TPSA) is 0 Å². The number of unbranched alkanes of at least 4 members (excludes halogenated alkanes) is 1. The molecule has 0 aromatic rings. The maximum Gasteiger partial charge on any atom is -0.0262 e. The third-order valence-electron chi connectivity index (χ3n) is 2.39. The molecule has 0 saturated heterocycles. The molecule has 1 atom stereocenters. The quantitative estimate of drug-likeness (QED) is 0.496. The third-order valence-corrected chi connectivity index (χ3v) is 2.39. The van der Waals surface area contributed by atoms with Gasteiger partial charge in [-0.05, 0) is 31.1 Å². The first-order valence-electron chi connectivity index (χ1n) is 5.83. The van der Waals surface area contributed by atoms with E-state index in [1.54, 1.807) is 0 Å². The van der Waals surface area contributed by atoms with E-state index in [0.29, 0.717) is 0 Å². The molecule has 0 fully saturated rings. The molecule has 0 rings (SSSR count). The van der Waals surface area contributed by atoms with Crippen molar-refractivity contribution in [1.29, 1.82) is 0 Å². The van der Waals surface area contributed by atoms with Gasteiger partial charge in [-0.2, -0.15) is 0 Å². The highest BCUT2D eigenvalue weighted by Gasteiger charge is 1.95. The Morgan fingerprint density at radius 3 is 2.31 bits per heavy atom. The molecule has 0 heteroatoms. The molecule has 0 amide bonds. The van der Waals surface area contributed by atoms with Crippen molar-refractivity contribution in [2.45, 2.75) is 59.8 Å². The van der Waals surface area contributed by atoms with Crippen LogP contribution < -0.4 is 0 Å². The van der Waals surface area contributed by atoms with Crippen LogP contribution in [0.4, 0.5) is 0 Å². The average molecular weight is 182 g/mol. The van der Waals surface area contributed by atoms with Crippen molar-refractivity contribution in [3.05, 3.63) is 12.2 Å². The highest BCUT2D eigenvalue weighted by atomic mass is 14.0. The van der Waals surface area contributed by atoms with Crippen molar-refractivity contribution in [1.82, 2.24) is 0 Å². The predicted octanol–water partition coefficient (Wildman–Crippen LogP) is 4.81. The van der Waals surface area contributed by atoms with Gasteiger partial charge in [0.05, 0.1) is 0 Å². The molecule has 0 heterocycles. The van der Waals surface area contributed by atoms with Crippen molar-refractivity contribution in [2.75, 3.05) is 0 Å². The van der Waals surface area contributed by atoms with Gasteiger partial charge in [-0.15, -0.1) is 0 Å².